The van der Waals surface area contributed by atoms with Crippen molar-refractivity contribution in [3.63, 3.8) is 0 Å². The van der Waals surface area contributed by atoms with Crippen molar-refractivity contribution in [1.29, 1.82) is 0 Å². The molecule has 1 saturated heterocycles. The number of nitrogens with one attached hydrogen (secondary N) is 2. The smallest absolute Gasteiger partial charge is 0.191 e. The average molecular weight is 429 g/mol. The lowest BCUT2D eigenvalue weighted by atomic mass is 10.3. The predicted octanol–water partition coefficient (Wildman–Crippen LogP) is 3.08. The Kier molecular flexibility index (Phi) is 10.3. The zero-order chi connectivity index (χ0) is 21.6. The van der Waals surface area contributed by atoms with Gasteiger partial charge in [-0.3, -0.25) is 4.99 Å². The second kappa shape index (κ2) is 13.7. The van der Waals surface area contributed by atoms with Crippen molar-refractivity contribution < 1.29 is 13.9 Å². The van der Waals surface area contributed by atoms with E-state index in [1.54, 1.807) is 6.26 Å². The molecule has 7 nitrogen and oxygen atoms in total. The van der Waals surface area contributed by atoms with Crippen molar-refractivity contribution >= 4 is 11.6 Å². The van der Waals surface area contributed by atoms with Crippen LogP contribution in [0.2, 0.25) is 0 Å². The third kappa shape index (κ3) is 9.02. The highest BCUT2D eigenvalue weighted by Gasteiger charge is 2.15. The fraction of sp³-hybridized carbons (Fsp3) is 0.542. The second-order valence-electron chi connectivity index (χ2n) is 7.73. The monoisotopic (exact) mass is 428 g/mol. The molecule has 1 aromatic carbocycles. The van der Waals surface area contributed by atoms with E-state index in [1.165, 1.54) is 5.69 Å². The van der Waals surface area contributed by atoms with Gasteiger partial charge in [-0.2, -0.15) is 0 Å². The van der Waals surface area contributed by atoms with Gasteiger partial charge in [-0.25, -0.2) is 0 Å². The Morgan fingerprint density at radius 3 is 2.77 bits per heavy atom. The van der Waals surface area contributed by atoms with Crippen LogP contribution in [0.3, 0.4) is 0 Å². The molecule has 1 fully saturated rings. The Balaban J connectivity index is 1.37. The van der Waals surface area contributed by atoms with Crippen molar-refractivity contribution in [2.45, 2.75) is 31.8 Å². The largest absolute Gasteiger partial charge is 0.469 e. The molecular formula is C24H36N4O3. The molecule has 2 aromatic rings. The number of hydrogen-bond donors (Lipinski definition) is 2. The van der Waals surface area contributed by atoms with E-state index in [0.717, 1.165) is 83.4 Å². The predicted molar refractivity (Wildman–Crippen MR) is 125 cm³/mol. The summed E-state index contributed by atoms with van der Waals surface area (Å²) < 4.78 is 16.6. The minimum absolute atomic E-state index is 0.265. The summed E-state index contributed by atoms with van der Waals surface area (Å²) in [5.41, 5.74) is 1.23. The third-order valence-corrected chi connectivity index (χ3v) is 5.22. The number of guanidine groups is 1. The number of furan rings is 1. The lowest BCUT2D eigenvalue weighted by molar-refractivity contribution is 0.0420. The van der Waals surface area contributed by atoms with Crippen LogP contribution in [0.5, 0.6) is 0 Å². The molecule has 2 N–H and O–H groups in total. The van der Waals surface area contributed by atoms with Crippen LogP contribution in [0.15, 0.2) is 58.1 Å². The minimum atomic E-state index is 0.265. The number of nitrogens with zero attached hydrogens (tertiary/aromatic N) is 2. The molecule has 0 bridgehead atoms. The van der Waals surface area contributed by atoms with E-state index in [-0.39, 0.29) is 6.10 Å². The number of hydrogen-bond acceptors (Lipinski definition) is 5. The lowest BCUT2D eigenvalue weighted by Crippen LogP contribution is -2.39. The number of para-hydroxylation sites is 1. The molecule has 0 spiro atoms. The molecule has 1 aromatic heterocycles. The van der Waals surface area contributed by atoms with Crippen LogP contribution in [-0.4, -0.2) is 65.1 Å². The maximum Gasteiger partial charge on any atom is 0.191 e. The number of anilines is 1. The summed E-state index contributed by atoms with van der Waals surface area (Å²) >= 11 is 0. The van der Waals surface area contributed by atoms with Crippen molar-refractivity contribution in [2.75, 3.05) is 57.9 Å². The van der Waals surface area contributed by atoms with E-state index in [1.807, 2.05) is 18.2 Å². The Labute approximate surface area is 185 Å². The number of aliphatic imine (C=N–C) groups is 1. The van der Waals surface area contributed by atoms with Crippen molar-refractivity contribution in [3.05, 3.63) is 54.5 Å². The molecule has 0 radical (unpaired) electrons. The van der Waals surface area contributed by atoms with E-state index in [9.17, 15) is 0 Å². The van der Waals surface area contributed by atoms with Gasteiger partial charge in [-0.15, -0.1) is 0 Å². The molecule has 0 saturated carbocycles. The Morgan fingerprint density at radius 1 is 1.13 bits per heavy atom. The third-order valence-electron chi connectivity index (χ3n) is 5.22. The van der Waals surface area contributed by atoms with Crippen molar-refractivity contribution in [1.82, 2.24) is 10.6 Å². The lowest BCUT2D eigenvalue weighted by Gasteiger charge is -2.18. The summed E-state index contributed by atoms with van der Waals surface area (Å²) in [5, 5.41) is 6.84. The first-order valence-electron chi connectivity index (χ1n) is 11.3. The van der Waals surface area contributed by atoms with E-state index >= 15 is 0 Å². The molecule has 2 heterocycles. The highest BCUT2D eigenvalue weighted by molar-refractivity contribution is 5.79. The van der Waals surface area contributed by atoms with Crippen LogP contribution in [0.4, 0.5) is 5.69 Å². The average Bonchev–Trinajstić information content (AvgIpc) is 3.51. The standard InChI is InChI=1S/C24H36N4O3/c1-28(21-8-3-2-4-9-21)16-6-13-25-24(27-15-11-22-10-5-17-30-22)26-14-7-18-31-23-12-19-29-20-23/h2-5,8-10,17,23H,6-7,11-16,18-20H2,1H3,(H2,25,26,27). The van der Waals surface area contributed by atoms with Crippen LogP contribution in [0.25, 0.3) is 0 Å². The van der Waals surface area contributed by atoms with Gasteiger partial charge in [0.2, 0.25) is 0 Å². The molecule has 170 valence electrons. The molecule has 0 aliphatic carbocycles. The number of ether oxygens (including phenoxy) is 2. The Hall–Kier alpha value is -2.51. The zero-order valence-electron chi connectivity index (χ0n) is 18.6. The van der Waals surface area contributed by atoms with Gasteiger partial charge in [0.25, 0.3) is 0 Å². The molecule has 1 aliphatic rings. The Bertz CT molecular complexity index is 731. The maximum absolute atomic E-state index is 5.84. The quantitative estimate of drug-likeness (QED) is 0.290. The molecular weight excluding hydrogens is 392 g/mol. The van der Waals surface area contributed by atoms with Gasteiger partial charge in [0, 0.05) is 58.5 Å². The van der Waals surface area contributed by atoms with E-state index in [2.05, 4.69) is 46.8 Å². The second-order valence-corrected chi connectivity index (χ2v) is 7.73. The maximum atomic E-state index is 5.84. The van der Waals surface area contributed by atoms with Gasteiger partial charge >= 0.3 is 0 Å². The molecule has 1 atom stereocenters. The SMILES string of the molecule is CN(CCCN=C(NCCCOC1CCOC1)NCCc1ccco1)c1ccccc1. The summed E-state index contributed by atoms with van der Waals surface area (Å²) in [6.45, 7) is 5.62. The summed E-state index contributed by atoms with van der Waals surface area (Å²) in [6.07, 6.45) is 5.73. The number of benzene rings is 1. The fourth-order valence-corrected chi connectivity index (χ4v) is 3.42. The Morgan fingerprint density at radius 2 is 2.00 bits per heavy atom. The molecule has 0 amide bonds. The first-order chi connectivity index (χ1) is 15.3. The number of rotatable bonds is 13. The molecule has 3 rings (SSSR count). The topological polar surface area (TPSA) is 71.3 Å². The van der Waals surface area contributed by atoms with Crippen molar-refractivity contribution in [2.24, 2.45) is 4.99 Å². The molecule has 31 heavy (non-hydrogen) atoms. The van der Waals surface area contributed by atoms with Crippen LogP contribution in [0.1, 0.15) is 25.0 Å². The summed E-state index contributed by atoms with van der Waals surface area (Å²) in [6, 6.07) is 14.4. The van der Waals surface area contributed by atoms with Crippen molar-refractivity contribution in [3.8, 4) is 0 Å². The van der Waals surface area contributed by atoms with E-state index in [0.29, 0.717) is 0 Å². The fourth-order valence-electron chi connectivity index (χ4n) is 3.42. The minimum Gasteiger partial charge on any atom is -0.469 e. The highest BCUT2D eigenvalue weighted by Crippen LogP contribution is 2.11. The summed E-state index contributed by atoms with van der Waals surface area (Å²) in [7, 11) is 2.12. The highest BCUT2D eigenvalue weighted by atomic mass is 16.5. The molecule has 1 aliphatic heterocycles. The van der Waals surface area contributed by atoms with E-state index < -0.39 is 0 Å². The van der Waals surface area contributed by atoms with Gasteiger partial charge < -0.3 is 29.4 Å². The van der Waals surface area contributed by atoms with Gasteiger partial charge in [-0.05, 0) is 43.5 Å². The van der Waals surface area contributed by atoms with Crippen LogP contribution >= 0.6 is 0 Å². The van der Waals surface area contributed by atoms with Crippen LogP contribution in [0, 0.1) is 0 Å². The van der Waals surface area contributed by atoms with Crippen LogP contribution in [-0.2, 0) is 15.9 Å². The van der Waals surface area contributed by atoms with Crippen LogP contribution < -0.4 is 15.5 Å². The van der Waals surface area contributed by atoms with Gasteiger partial charge in [-0.1, -0.05) is 18.2 Å². The van der Waals surface area contributed by atoms with Gasteiger partial charge in [0.1, 0.15) is 5.76 Å². The van der Waals surface area contributed by atoms with Gasteiger partial charge in [0.15, 0.2) is 5.96 Å². The van der Waals surface area contributed by atoms with Gasteiger partial charge in [0.05, 0.1) is 19.0 Å². The first kappa shape index (κ1) is 23.2. The zero-order valence-corrected chi connectivity index (χ0v) is 18.6. The van der Waals surface area contributed by atoms with E-state index in [4.69, 9.17) is 18.9 Å². The summed E-state index contributed by atoms with van der Waals surface area (Å²) in [5.74, 6) is 1.82. The molecule has 1 unspecified atom stereocenters. The first-order valence-corrected chi connectivity index (χ1v) is 11.3. The summed E-state index contributed by atoms with van der Waals surface area (Å²) in [4.78, 5) is 7.02. The molecule has 7 heteroatoms. The normalized spacial score (nSPS) is 16.4.